The molecule has 0 spiro atoms. The van der Waals surface area contributed by atoms with Crippen LogP contribution in [0.15, 0.2) is 24.3 Å². The molecule has 0 aliphatic carbocycles. The number of nitrogens with two attached hydrogens (primary N) is 1. The van der Waals surface area contributed by atoms with Gasteiger partial charge in [-0.3, -0.25) is 9.69 Å². The molecule has 0 radical (unpaired) electrons. The van der Waals surface area contributed by atoms with Gasteiger partial charge in [-0.2, -0.15) is 0 Å². The van der Waals surface area contributed by atoms with Crippen molar-refractivity contribution in [2.45, 2.75) is 32.7 Å². The van der Waals surface area contributed by atoms with Gasteiger partial charge < -0.3 is 16.0 Å². The number of amides is 1. The van der Waals surface area contributed by atoms with E-state index in [4.69, 9.17) is 5.73 Å². The second-order valence-corrected chi connectivity index (χ2v) is 6.45. The van der Waals surface area contributed by atoms with Crippen LogP contribution < -0.4 is 16.0 Å². The van der Waals surface area contributed by atoms with Crippen LogP contribution in [-0.2, 0) is 4.79 Å². The molecule has 128 valence electrons. The Labute approximate surface area is 139 Å². The third-order valence-electron chi connectivity index (χ3n) is 4.35. The van der Waals surface area contributed by atoms with Crippen LogP contribution in [0, 0.1) is 6.92 Å². The van der Waals surface area contributed by atoms with Crippen LogP contribution in [0.2, 0.25) is 0 Å². The molecule has 1 aromatic carbocycles. The van der Waals surface area contributed by atoms with Crippen molar-refractivity contribution in [1.29, 1.82) is 0 Å². The molecule has 1 amide bonds. The molecule has 5 nitrogen and oxygen atoms in total. The smallest absolute Gasteiger partial charge is 0.236 e. The largest absolute Gasteiger partial charge is 0.369 e. The maximum absolute atomic E-state index is 11.4. The summed E-state index contributed by atoms with van der Waals surface area (Å²) in [5, 5.41) is 2.86. The lowest BCUT2D eigenvalue weighted by Crippen LogP contribution is -2.46. The molecule has 2 rings (SSSR count). The number of nitrogens with one attached hydrogen (secondary N) is 1. The molecule has 23 heavy (non-hydrogen) atoms. The molecule has 1 atom stereocenters. The number of piperazine rings is 1. The van der Waals surface area contributed by atoms with Crippen LogP contribution in [0.4, 0.5) is 5.69 Å². The molecule has 1 aliphatic rings. The summed E-state index contributed by atoms with van der Waals surface area (Å²) in [5.41, 5.74) is 8.17. The Balaban J connectivity index is 1.61. The van der Waals surface area contributed by atoms with E-state index < -0.39 is 6.04 Å². The number of anilines is 1. The van der Waals surface area contributed by atoms with Crippen molar-refractivity contribution >= 4 is 11.6 Å². The van der Waals surface area contributed by atoms with E-state index in [9.17, 15) is 4.79 Å². The monoisotopic (exact) mass is 318 g/mol. The van der Waals surface area contributed by atoms with Crippen LogP contribution >= 0.6 is 0 Å². The maximum atomic E-state index is 11.4. The Morgan fingerprint density at radius 3 is 2.65 bits per heavy atom. The topological polar surface area (TPSA) is 61.6 Å². The van der Waals surface area contributed by atoms with Gasteiger partial charge in [0.05, 0.1) is 6.04 Å². The maximum Gasteiger partial charge on any atom is 0.236 e. The van der Waals surface area contributed by atoms with Gasteiger partial charge in [-0.15, -0.1) is 0 Å². The number of carbonyl (C=O) groups excluding carboxylic acids is 1. The molecular weight excluding hydrogens is 288 g/mol. The van der Waals surface area contributed by atoms with Gasteiger partial charge in [-0.1, -0.05) is 12.1 Å². The number of hydrogen-bond acceptors (Lipinski definition) is 4. The summed E-state index contributed by atoms with van der Waals surface area (Å²) >= 11 is 0. The van der Waals surface area contributed by atoms with Gasteiger partial charge >= 0.3 is 0 Å². The van der Waals surface area contributed by atoms with Gasteiger partial charge in [0.1, 0.15) is 0 Å². The van der Waals surface area contributed by atoms with Crippen LogP contribution in [0.1, 0.15) is 25.3 Å². The standard InChI is InChI=1S/C18H30N4O/c1-15-6-5-7-17(14-15)22-12-10-21(11-13-22)9-4-3-8-20-18(23)16(2)19/h5-7,14,16H,3-4,8-13,19H2,1-2H3,(H,20,23). The fourth-order valence-corrected chi connectivity index (χ4v) is 2.89. The molecule has 1 fully saturated rings. The van der Waals surface area contributed by atoms with Gasteiger partial charge in [0, 0.05) is 38.4 Å². The Bertz CT molecular complexity index is 496. The Morgan fingerprint density at radius 1 is 1.26 bits per heavy atom. The highest BCUT2D eigenvalue weighted by Crippen LogP contribution is 2.17. The number of unbranched alkanes of at least 4 members (excludes halogenated alkanes) is 1. The molecule has 3 N–H and O–H groups in total. The minimum atomic E-state index is -0.412. The van der Waals surface area contributed by atoms with Crippen LogP contribution in [-0.4, -0.2) is 56.1 Å². The molecule has 0 saturated carbocycles. The number of carbonyl (C=O) groups is 1. The number of hydrogen-bond donors (Lipinski definition) is 2. The molecule has 5 heteroatoms. The molecule has 1 unspecified atom stereocenters. The first-order valence-electron chi connectivity index (χ1n) is 8.63. The summed E-state index contributed by atoms with van der Waals surface area (Å²) in [6.45, 7) is 10.1. The van der Waals surface area contributed by atoms with E-state index in [0.717, 1.165) is 52.1 Å². The number of nitrogens with zero attached hydrogens (tertiary/aromatic N) is 2. The normalized spacial score (nSPS) is 17.1. The predicted octanol–water partition coefficient (Wildman–Crippen LogP) is 1.36. The minimum Gasteiger partial charge on any atom is -0.369 e. The van der Waals surface area contributed by atoms with Crippen molar-refractivity contribution in [2.24, 2.45) is 5.73 Å². The van der Waals surface area contributed by atoms with Gasteiger partial charge in [-0.25, -0.2) is 0 Å². The Hall–Kier alpha value is -1.59. The predicted molar refractivity (Wildman–Crippen MR) is 95.7 cm³/mol. The highest BCUT2D eigenvalue weighted by Gasteiger charge is 2.16. The van der Waals surface area contributed by atoms with Gasteiger partial charge in [0.15, 0.2) is 0 Å². The van der Waals surface area contributed by atoms with E-state index in [2.05, 4.69) is 46.3 Å². The van der Waals surface area contributed by atoms with Crippen LogP contribution in [0.3, 0.4) is 0 Å². The summed E-state index contributed by atoms with van der Waals surface area (Å²) in [7, 11) is 0. The van der Waals surface area contributed by atoms with Crippen LogP contribution in [0.5, 0.6) is 0 Å². The van der Waals surface area contributed by atoms with E-state index in [-0.39, 0.29) is 5.91 Å². The molecule has 1 aromatic rings. The van der Waals surface area contributed by atoms with Crippen LogP contribution in [0.25, 0.3) is 0 Å². The lowest BCUT2D eigenvalue weighted by atomic mass is 10.2. The lowest BCUT2D eigenvalue weighted by Gasteiger charge is -2.36. The van der Waals surface area contributed by atoms with E-state index in [1.54, 1.807) is 6.92 Å². The Kier molecular flexibility index (Phi) is 6.86. The Morgan fingerprint density at radius 2 is 2.00 bits per heavy atom. The minimum absolute atomic E-state index is 0.0585. The van der Waals surface area contributed by atoms with Crippen molar-refractivity contribution in [3.05, 3.63) is 29.8 Å². The zero-order valence-electron chi connectivity index (χ0n) is 14.4. The van der Waals surface area contributed by atoms with Crippen molar-refractivity contribution in [3.63, 3.8) is 0 Å². The van der Waals surface area contributed by atoms with E-state index >= 15 is 0 Å². The van der Waals surface area contributed by atoms with Crippen molar-refractivity contribution in [2.75, 3.05) is 44.2 Å². The molecule has 1 aliphatic heterocycles. The molecule has 1 heterocycles. The fraction of sp³-hybridized carbons (Fsp3) is 0.611. The molecule has 0 aromatic heterocycles. The first kappa shape index (κ1) is 17.8. The average Bonchev–Trinajstić information content (AvgIpc) is 2.55. The zero-order chi connectivity index (χ0) is 16.7. The summed E-state index contributed by atoms with van der Waals surface area (Å²) in [6.07, 6.45) is 2.13. The highest BCUT2D eigenvalue weighted by molar-refractivity contribution is 5.80. The summed E-state index contributed by atoms with van der Waals surface area (Å²) in [5.74, 6) is -0.0585. The molecule has 0 bridgehead atoms. The van der Waals surface area contributed by atoms with E-state index in [1.165, 1.54) is 11.3 Å². The van der Waals surface area contributed by atoms with Gasteiger partial charge in [0.25, 0.3) is 0 Å². The van der Waals surface area contributed by atoms with Crippen molar-refractivity contribution < 1.29 is 4.79 Å². The number of rotatable bonds is 7. The highest BCUT2D eigenvalue weighted by atomic mass is 16.2. The fourth-order valence-electron chi connectivity index (χ4n) is 2.89. The average molecular weight is 318 g/mol. The van der Waals surface area contributed by atoms with Gasteiger partial charge in [-0.05, 0) is 50.9 Å². The second-order valence-electron chi connectivity index (χ2n) is 6.45. The number of aryl methyl sites for hydroxylation is 1. The van der Waals surface area contributed by atoms with E-state index in [0.29, 0.717) is 0 Å². The number of benzene rings is 1. The summed E-state index contributed by atoms with van der Waals surface area (Å²) in [6, 6.07) is 8.32. The quantitative estimate of drug-likeness (QED) is 0.745. The molecule has 1 saturated heterocycles. The first-order chi connectivity index (χ1) is 11.1. The van der Waals surface area contributed by atoms with Crippen molar-refractivity contribution in [1.82, 2.24) is 10.2 Å². The second kappa shape index (κ2) is 8.89. The molecular formula is C18H30N4O. The lowest BCUT2D eigenvalue weighted by molar-refractivity contribution is -0.121. The van der Waals surface area contributed by atoms with E-state index in [1.807, 2.05) is 0 Å². The first-order valence-corrected chi connectivity index (χ1v) is 8.63. The SMILES string of the molecule is Cc1cccc(N2CCN(CCCCNC(=O)C(C)N)CC2)c1. The van der Waals surface area contributed by atoms with Crippen molar-refractivity contribution in [3.8, 4) is 0 Å². The zero-order valence-corrected chi connectivity index (χ0v) is 14.4. The summed E-state index contributed by atoms with van der Waals surface area (Å²) < 4.78 is 0. The third kappa shape index (κ3) is 5.84. The van der Waals surface area contributed by atoms with Gasteiger partial charge in [0.2, 0.25) is 5.91 Å². The summed E-state index contributed by atoms with van der Waals surface area (Å²) in [4.78, 5) is 16.3. The third-order valence-corrected chi connectivity index (χ3v) is 4.35.